The van der Waals surface area contributed by atoms with Crippen LogP contribution in [0.15, 0.2) is 12.1 Å². The number of aryl methyl sites for hydroxylation is 3. The third-order valence-corrected chi connectivity index (χ3v) is 5.08. The molecule has 0 aromatic heterocycles. The maximum atomic E-state index is 12.8. The van der Waals surface area contributed by atoms with E-state index in [1.165, 1.54) is 53.7 Å². The smallest absolute Gasteiger partial charge is 0.282 e. The van der Waals surface area contributed by atoms with E-state index in [2.05, 4.69) is 45.1 Å². The second-order valence-corrected chi connectivity index (χ2v) is 7.18. The highest BCUT2D eigenvalue weighted by Crippen LogP contribution is 2.22. The molecule has 3 heteroatoms. The lowest BCUT2D eigenvalue weighted by Gasteiger charge is -2.22. The molecular weight excluding hydrogens is 284 g/mol. The molecule has 0 radical (unpaired) electrons. The number of carbonyl (C=O) groups is 1. The second-order valence-electron chi connectivity index (χ2n) is 7.18. The summed E-state index contributed by atoms with van der Waals surface area (Å²) in [6.07, 6.45) is 7.32. The molecule has 1 saturated heterocycles. The highest BCUT2D eigenvalue weighted by molar-refractivity contribution is 5.95. The van der Waals surface area contributed by atoms with Gasteiger partial charge in [-0.1, -0.05) is 37.5 Å². The molecule has 0 bridgehead atoms. The summed E-state index contributed by atoms with van der Waals surface area (Å²) >= 11 is 0. The number of likely N-dealkylation sites (tertiary alicyclic amines) is 1. The number of rotatable bonds is 7. The van der Waals surface area contributed by atoms with Crippen molar-refractivity contribution >= 4 is 11.6 Å². The van der Waals surface area contributed by atoms with E-state index >= 15 is 0 Å². The van der Waals surface area contributed by atoms with Crippen LogP contribution in [0.25, 0.3) is 0 Å². The SMILES string of the molecule is CCCCCC[NH+]1CCCC1C(=O)Nc1c(C)cc(C)cc1C. The lowest BCUT2D eigenvalue weighted by molar-refractivity contribution is -0.903. The first-order valence-corrected chi connectivity index (χ1v) is 9.26. The summed E-state index contributed by atoms with van der Waals surface area (Å²) in [5, 5.41) is 3.22. The Labute approximate surface area is 141 Å². The summed E-state index contributed by atoms with van der Waals surface area (Å²) in [6.45, 7) is 10.8. The Kier molecular flexibility index (Phi) is 6.64. The van der Waals surface area contributed by atoms with Crippen molar-refractivity contribution in [1.29, 1.82) is 0 Å². The first-order valence-electron chi connectivity index (χ1n) is 9.26. The molecule has 2 atom stereocenters. The van der Waals surface area contributed by atoms with Crippen molar-refractivity contribution in [2.24, 2.45) is 0 Å². The van der Waals surface area contributed by atoms with Crippen molar-refractivity contribution < 1.29 is 9.69 Å². The lowest BCUT2D eigenvalue weighted by Crippen LogP contribution is -3.14. The van der Waals surface area contributed by atoms with Gasteiger partial charge < -0.3 is 10.2 Å². The maximum absolute atomic E-state index is 12.8. The average molecular weight is 317 g/mol. The summed E-state index contributed by atoms with van der Waals surface area (Å²) in [7, 11) is 0. The fraction of sp³-hybridized carbons (Fsp3) is 0.650. The topological polar surface area (TPSA) is 33.5 Å². The lowest BCUT2D eigenvalue weighted by atomic mass is 10.0. The first-order chi connectivity index (χ1) is 11.0. The zero-order valence-corrected chi connectivity index (χ0v) is 15.3. The van der Waals surface area contributed by atoms with E-state index in [-0.39, 0.29) is 11.9 Å². The molecule has 0 saturated carbocycles. The van der Waals surface area contributed by atoms with Gasteiger partial charge in [-0.05, 0) is 44.7 Å². The number of quaternary nitrogens is 1. The molecule has 0 aliphatic carbocycles. The number of benzene rings is 1. The van der Waals surface area contributed by atoms with Gasteiger partial charge in [0.05, 0.1) is 13.1 Å². The van der Waals surface area contributed by atoms with Crippen LogP contribution in [-0.4, -0.2) is 25.0 Å². The Balaban J connectivity index is 1.97. The van der Waals surface area contributed by atoms with Crippen molar-refractivity contribution in [3.8, 4) is 0 Å². The van der Waals surface area contributed by atoms with Crippen molar-refractivity contribution in [3.63, 3.8) is 0 Å². The molecular formula is C20H33N2O+. The summed E-state index contributed by atoms with van der Waals surface area (Å²) in [6, 6.07) is 4.43. The van der Waals surface area contributed by atoms with E-state index in [9.17, 15) is 4.79 Å². The minimum absolute atomic E-state index is 0.136. The maximum Gasteiger partial charge on any atom is 0.282 e. The molecule has 2 N–H and O–H groups in total. The van der Waals surface area contributed by atoms with Crippen LogP contribution in [0.3, 0.4) is 0 Å². The summed E-state index contributed by atoms with van der Waals surface area (Å²) in [5.74, 6) is 0.211. The van der Waals surface area contributed by atoms with Gasteiger partial charge in [0.15, 0.2) is 6.04 Å². The number of carbonyl (C=O) groups excluding carboxylic acids is 1. The number of amides is 1. The second kappa shape index (κ2) is 8.49. The van der Waals surface area contributed by atoms with Gasteiger partial charge in [0.2, 0.25) is 0 Å². The molecule has 3 nitrogen and oxygen atoms in total. The van der Waals surface area contributed by atoms with E-state index in [1.807, 2.05) is 0 Å². The van der Waals surface area contributed by atoms with Crippen molar-refractivity contribution in [1.82, 2.24) is 0 Å². The normalized spacial score (nSPS) is 20.7. The standard InChI is InChI=1S/C20H32N2O/c1-5-6-7-8-11-22-12-9-10-18(22)20(23)21-19-16(3)13-15(2)14-17(19)4/h13-14,18H,5-12H2,1-4H3,(H,21,23)/p+1. The van der Waals surface area contributed by atoms with Gasteiger partial charge in [-0.15, -0.1) is 0 Å². The van der Waals surface area contributed by atoms with Crippen molar-refractivity contribution in [2.45, 2.75) is 72.3 Å². The van der Waals surface area contributed by atoms with Gasteiger partial charge in [0, 0.05) is 18.5 Å². The zero-order valence-electron chi connectivity index (χ0n) is 15.3. The minimum Gasteiger partial charge on any atom is -0.325 e. The minimum atomic E-state index is 0.136. The van der Waals surface area contributed by atoms with E-state index in [0.29, 0.717) is 0 Å². The Bertz CT molecular complexity index is 515. The molecule has 1 heterocycles. The molecule has 1 aromatic rings. The van der Waals surface area contributed by atoms with Gasteiger partial charge in [0.1, 0.15) is 0 Å². The molecule has 1 aliphatic rings. The Morgan fingerprint density at radius 1 is 1.17 bits per heavy atom. The molecule has 1 amide bonds. The van der Waals surface area contributed by atoms with Gasteiger partial charge in [-0.25, -0.2) is 0 Å². The van der Waals surface area contributed by atoms with Crippen molar-refractivity contribution in [3.05, 3.63) is 28.8 Å². The van der Waals surface area contributed by atoms with Crippen LogP contribution in [0.5, 0.6) is 0 Å². The van der Waals surface area contributed by atoms with Crippen LogP contribution in [0.2, 0.25) is 0 Å². The summed E-state index contributed by atoms with van der Waals surface area (Å²) in [5.41, 5.74) is 4.59. The van der Waals surface area contributed by atoms with E-state index < -0.39 is 0 Å². The third kappa shape index (κ3) is 4.81. The third-order valence-electron chi connectivity index (χ3n) is 5.08. The fourth-order valence-corrected chi connectivity index (χ4v) is 3.89. The van der Waals surface area contributed by atoms with Crippen LogP contribution >= 0.6 is 0 Å². The zero-order chi connectivity index (χ0) is 16.8. The van der Waals surface area contributed by atoms with E-state index in [1.54, 1.807) is 0 Å². The largest absolute Gasteiger partial charge is 0.325 e. The van der Waals surface area contributed by atoms with Gasteiger partial charge in [-0.2, -0.15) is 0 Å². The van der Waals surface area contributed by atoms with Gasteiger partial charge in [-0.3, -0.25) is 4.79 Å². The fourth-order valence-electron chi connectivity index (χ4n) is 3.89. The highest BCUT2D eigenvalue weighted by atomic mass is 16.2. The van der Waals surface area contributed by atoms with Crippen LogP contribution in [0, 0.1) is 20.8 Å². The number of hydrogen-bond donors (Lipinski definition) is 2. The number of unbranched alkanes of at least 4 members (excludes halogenated alkanes) is 3. The quantitative estimate of drug-likeness (QED) is 0.744. The summed E-state index contributed by atoms with van der Waals surface area (Å²) < 4.78 is 0. The van der Waals surface area contributed by atoms with Crippen LogP contribution in [-0.2, 0) is 4.79 Å². The van der Waals surface area contributed by atoms with Gasteiger partial charge in [0.25, 0.3) is 5.91 Å². The number of anilines is 1. The van der Waals surface area contributed by atoms with E-state index in [4.69, 9.17) is 0 Å². The predicted molar refractivity (Wildman–Crippen MR) is 97.1 cm³/mol. The molecule has 2 rings (SSSR count). The number of hydrogen-bond acceptors (Lipinski definition) is 1. The van der Waals surface area contributed by atoms with E-state index in [0.717, 1.165) is 25.2 Å². The monoisotopic (exact) mass is 317 g/mol. The molecule has 2 unspecified atom stereocenters. The molecule has 0 spiro atoms. The van der Waals surface area contributed by atoms with Crippen LogP contribution in [0.4, 0.5) is 5.69 Å². The highest BCUT2D eigenvalue weighted by Gasteiger charge is 2.34. The molecule has 23 heavy (non-hydrogen) atoms. The van der Waals surface area contributed by atoms with Crippen LogP contribution in [0.1, 0.15) is 62.1 Å². The van der Waals surface area contributed by atoms with Gasteiger partial charge >= 0.3 is 0 Å². The molecule has 1 aromatic carbocycles. The Morgan fingerprint density at radius 2 is 1.87 bits per heavy atom. The predicted octanol–water partition coefficient (Wildman–Crippen LogP) is 3.18. The Morgan fingerprint density at radius 3 is 2.52 bits per heavy atom. The summed E-state index contributed by atoms with van der Waals surface area (Å²) in [4.78, 5) is 14.3. The molecule has 1 fully saturated rings. The first kappa shape index (κ1) is 18.0. The molecule has 1 aliphatic heterocycles. The Hall–Kier alpha value is -1.35. The average Bonchev–Trinajstić information content (AvgIpc) is 2.95. The number of nitrogens with one attached hydrogen (secondary N) is 2. The van der Waals surface area contributed by atoms with Crippen molar-refractivity contribution in [2.75, 3.05) is 18.4 Å². The van der Waals surface area contributed by atoms with Crippen LogP contribution < -0.4 is 10.2 Å². The molecule has 128 valence electrons.